The van der Waals surface area contributed by atoms with E-state index in [1.807, 2.05) is 18.2 Å². The van der Waals surface area contributed by atoms with Crippen molar-refractivity contribution < 1.29 is 9.47 Å². The van der Waals surface area contributed by atoms with Gasteiger partial charge >= 0.3 is 0 Å². The minimum absolute atomic E-state index is 0.0837. The van der Waals surface area contributed by atoms with Crippen molar-refractivity contribution in [2.75, 3.05) is 14.2 Å². The molecule has 2 aliphatic carbocycles. The summed E-state index contributed by atoms with van der Waals surface area (Å²) in [6, 6.07) is 5.98. The molecule has 2 aliphatic rings. The second-order valence-electron chi connectivity index (χ2n) is 6.47. The summed E-state index contributed by atoms with van der Waals surface area (Å²) in [5.41, 5.74) is 4.04. The molecule has 3 N–H and O–H groups in total. The molecular weight excluding hydrogens is 264 g/mol. The second kappa shape index (κ2) is 6.24. The van der Waals surface area contributed by atoms with Gasteiger partial charge in [-0.2, -0.15) is 0 Å². The summed E-state index contributed by atoms with van der Waals surface area (Å²) < 4.78 is 11.0. The third-order valence-corrected chi connectivity index (χ3v) is 5.44. The highest BCUT2D eigenvalue weighted by Gasteiger charge is 2.40. The summed E-state index contributed by atoms with van der Waals surface area (Å²) in [5, 5.41) is 0. The SMILES string of the molecule is COc1cccc(OC)c1C(CC1CC2CCC1C2)NN. The Balaban J connectivity index is 1.82. The van der Waals surface area contributed by atoms with Crippen LogP contribution in [0.25, 0.3) is 0 Å². The highest BCUT2D eigenvalue weighted by Crippen LogP contribution is 2.51. The number of fused-ring (bicyclic) bond motifs is 2. The predicted octanol–water partition coefficient (Wildman–Crippen LogP) is 3.03. The second-order valence-corrected chi connectivity index (χ2v) is 6.47. The van der Waals surface area contributed by atoms with Gasteiger partial charge in [-0.25, -0.2) is 0 Å². The smallest absolute Gasteiger partial charge is 0.127 e. The van der Waals surface area contributed by atoms with Crippen molar-refractivity contribution in [3.63, 3.8) is 0 Å². The molecule has 21 heavy (non-hydrogen) atoms. The molecule has 0 spiro atoms. The Kier molecular flexibility index (Phi) is 4.36. The average molecular weight is 290 g/mol. The molecule has 1 aromatic rings. The third kappa shape index (κ3) is 2.74. The molecule has 2 bridgehead atoms. The molecule has 4 atom stereocenters. The Labute approximate surface area is 127 Å². The highest BCUT2D eigenvalue weighted by atomic mass is 16.5. The molecule has 0 radical (unpaired) electrons. The van der Waals surface area contributed by atoms with Crippen LogP contribution < -0.4 is 20.7 Å². The van der Waals surface area contributed by atoms with E-state index < -0.39 is 0 Å². The molecule has 4 nitrogen and oxygen atoms in total. The number of hydrazine groups is 1. The third-order valence-electron chi connectivity index (χ3n) is 5.44. The first kappa shape index (κ1) is 14.7. The van der Waals surface area contributed by atoms with Gasteiger partial charge in [0.1, 0.15) is 11.5 Å². The maximum Gasteiger partial charge on any atom is 0.127 e. The Morgan fingerprint density at radius 1 is 1.19 bits per heavy atom. The molecule has 4 heteroatoms. The lowest BCUT2D eigenvalue weighted by atomic mass is 9.82. The number of nitrogens with two attached hydrogens (primary N) is 1. The minimum atomic E-state index is 0.0837. The zero-order chi connectivity index (χ0) is 14.8. The summed E-state index contributed by atoms with van der Waals surface area (Å²) in [5.74, 6) is 10.2. The standard InChI is InChI=1S/C17H26N2O2/c1-20-15-4-3-5-16(21-2)17(15)14(19-18)10-13-9-11-6-7-12(13)8-11/h3-5,11-14,19H,6-10,18H2,1-2H3. The van der Waals surface area contributed by atoms with Crippen molar-refractivity contribution in [2.24, 2.45) is 23.6 Å². The maximum atomic E-state index is 5.87. The first-order chi connectivity index (χ1) is 10.3. The van der Waals surface area contributed by atoms with E-state index in [9.17, 15) is 0 Å². The van der Waals surface area contributed by atoms with Gasteiger partial charge in [-0.05, 0) is 55.6 Å². The van der Waals surface area contributed by atoms with E-state index in [2.05, 4.69) is 5.43 Å². The monoisotopic (exact) mass is 290 g/mol. The van der Waals surface area contributed by atoms with Gasteiger partial charge < -0.3 is 9.47 Å². The van der Waals surface area contributed by atoms with Crippen molar-refractivity contribution in [3.05, 3.63) is 23.8 Å². The van der Waals surface area contributed by atoms with Gasteiger partial charge in [0.2, 0.25) is 0 Å². The Morgan fingerprint density at radius 2 is 1.90 bits per heavy atom. The normalized spacial score (nSPS) is 28.6. The average Bonchev–Trinajstić information content (AvgIpc) is 3.14. The van der Waals surface area contributed by atoms with Crippen LogP contribution in [0.1, 0.15) is 43.7 Å². The van der Waals surface area contributed by atoms with E-state index in [0.29, 0.717) is 0 Å². The summed E-state index contributed by atoms with van der Waals surface area (Å²) >= 11 is 0. The van der Waals surface area contributed by atoms with Gasteiger partial charge in [-0.1, -0.05) is 12.5 Å². The van der Waals surface area contributed by atoms with Crippen molar-refractivity contribution >= 4 is 0 Å². The molecule has 0 aromatic heterocycles. The number of rotatable bonds is 6. The van der Waals surface area contributed by atoms with E-state index in [-0.39, 0.29) is 6.04 Å². The van der Waals surface area contributed by atoms with Gasteiger partial charge in [0.25, 0.3) is 0 Å². The van der Waals surface area contributed by atoms with Crippen LogP contribution >= 0.6 is 0 Å². The maximum absolute atomic E-state index is 5.87. The van der Waals surface area contributed by atoms with Crippen molar-refractivity contribution in [2.45, 2.75) is 38.1 Å². The Morgan fingerprint density at radius 3 is 2.38 bits per heavy atom. The van der Waals surface area contributed by atoms with E-state index in [1.165, 1.54) is 25.7 Å². The number of nitrogens with one attached hydrogen (secondary N) is 1. The van der Waals surface area contributed by atoms with Crippen LogP contribution in [0, 0.1) is 17.8 Å². The molecule has 0 saturated heterocycles. The van der Waals surface area contributed by atoms with Gasteiger partial charge in [0.15, 0.2) is 0 Å². The van der Waals surface area contributed by atoms with Crippen molar-refractivity contribution in [3.8, 4) is 11.5 Å². The fourth-order valence-corrected chi connectivity index (χ4v) is 4.46. The number of hydrogen-bond acceptors (Lipinski definition) is 4. The van der Waals surface area contributed by atoms with Crippen LogP contribution in [-0.2, 0) is 0 Å². The van der Waals surface area contributed by atoms with Gasteiger partial charge in [0, 0.05) is 0 Å². The van der Waals surface area contributed by atoms with E-state index in [1.54, 1.807) is 14.2 Å². The molecule has 4 unspecified atom stereocenters. The number of ether oxygens (including phenoxy) is 2. The zero-order valence-corrected chi connectivity index (χ0v) is 13.0. The van der Waals surface area contributed by atoms with Crippen LogP contribution in [0.2, 0.25) is 0 Å². The molecule has 2 fully saturated rings. The number of benzene rings is 1. The number of methoxy groups -OCH3 is 2. The summed E-state index contributed by atoms with van der Waals surface area (Å²) in [4.78, 5) is 0. The topological polar surface area (TPSA) is 56.5 Å². The summed E-state index contributed by atoms with van der Waals surface area (Å²) in [6.45, 7) is 0. The predicted molar refractivity (Wildman–Crippen MR) is 83.2 cm³/mol. The molecular formula is C17H26N2O2. The molecule has 2 saturated carbocycles. The molecule has 1 aromatic carbocycles. The highest BCUT2D eigenvalue weighted by molar-refractivity contribution is 5.47. The van der Waals surface area contributed by atoms with E-state index in [0.717, 1.165) is 41.2 Å². The van der Waals surface area contributed by atoms with Gasteiger partial charge in [0.05, 0.1) is 25.8 Å². The van der Waals surface area contributed by atoms with Crippen LogP contribution in [0.4, 0.5) is 0 Å². The van der Waals surface area contributed by atoms with Gasteiger partial charge in [-0.15, -0.1) is 0 Å². The molecule has 0 heterocycles. The fourth-order valence-electron chi connectivity index (χ4n) is 4.46. The summed E-state index contributed by atoms with van der Waals surface area (Å²) in [7, 11) is 3.40. The van der Waals surface area contributed by atoms with E-state index >= 15 is 0 Å². The Bertz CT molecular complexity index is 469. The summed E-state index contributed by atoms with van der Waals surface area (Å²) in [6.07, 6.45) is 6.68. The lowest BCUT2D eigenvalue weighted by Gasteiger charge is -2.28. The Hall–Kier alpha value is -1.26. The lowest BCUT2D eigenvalue weighted by Crippen LogP contribution is -2.31. The number of hydrogen-bond donors (Lipinski definition) is 2. The fraction of sp³-hybridized carbons (Fsp3) is 0.647. The zero-order valence-electron chi connectivity index (χ0n) is 13.0. The van der Waals surface area contributed by atoms with Crippen LogP contribution in [0.15, 0.2) is 18.2 Å². The van der Waals surface area contributed by atoms with Crippen LogP contribution in [0.5, 0.6) is 11.5 Å². The molecule has 0 amide bonds. The molecule has 116 valence electrons. The van der Waals surface area contributed by atoms with E-state index in [4.69, 9.17) is 15.3 Å². The van der Waals surface area contributed by atoms with Crippen LogP contribution in [0.3, 0.4) is 0 Å². The van der Waals surface area contributed by atoms with Crippen LogP contribution in [-0.4, -0.2) is 14.2 Å². The minimum Gasteiger partial charge on any atom is -0.496 e. The van der Waals surface area contributed by atoms with Crippen molar-refractivity contribution in [1.82, 2.24) is 5.43 Å². The van der Waals surface area contributed by atoms with Crippen molar-refractivity contribution in [1.29, 1.82) is 0 Å². The largest absolute Gasteiger partial charge is 0.496 e. The first-order valence-corrected chi connectivity index (χ1v) is 7.93. The molecule has 3 rings (SSSR count). The lowest BCUT2D eigenvalue weighted by molar-refractivity contribution is 0.272. The first-order valence-electron chi connectivity index (χ1n) is 7.93. The van der Waals surface area contributed by atoms with Gasteiger partial charge in [-0.3, -0.25) is 11.3 Å². The molecule has 0 aliphatic heterocycles. The quantitative estimate of drug-likeness (QED) is 0.624.